The van der Waals surface area contributed by atoms with Gasteiger partial charge < -0.3 is 44.5 Å². The third kappa shape index (κ3) is 9.75. The normalized spacial score (nSPS) is 19.9. The summed E-state index contributed by atoms with van der Waals surface area (Å²) in [4.78, 5) is 60.3. The van der Waals surface area contributed by atoms with Crippen LogP contribution in [0.1, 0.15) is 49.0 Å². The van der Waals surface area contributed by atoms with Crippen LogP contribution < -0.4 is 10.6 Å². The van der Waals surface area contributed by atoms with Crippen LogP contribution in [0, 0.1) is 0 Å². The van der Waals surface area contributed by atoms with Crippen molar-refractivity contribution in [1.29, 1.82) is 0 Å². The summed E-state index contributed by atoms with van der Waals surface area (Å²) in [6, 6.07) is 30.7. The van der Waals surface area contributed by atoms with Crippen molar-refractivity contribution in [3.63, 3.8) is 0 Å². The number of carbonyl (C=O) groups excluding carboxylic acids is 4. The lowest BCUT2D eigenvalue weighted by molar-refractivity contribution is -0.143. The summed E-state index contributed by atoms with van der Waals surface area (Å²) in [5, 5.41) is 27.3. The zero-order valence-electron chi connectivity index (χ0n) is 32.8. The number of aromatic nitrogens is 1. The molecule has 0 bridgehead atoms. The van der Waals surface area contributed by atoms with E-state index >= 15 is 0 Å². The van der Waals surface area contributed by atoms with E-state index in [1.165, 1.54) is 9.80 Å². The van der Waals surface area contributed by atoms with Gasteiger partial charge in [-0.25, -0.2) is 4.98 Å². The number of ether oxygens (including phenoxy) is 2. The van der Waals surface area contributed by atoms with Crippen molar-refractivity contribution in [2.45, 2.75) is 62.2 Å². The van der Waals surface area contributed by atoms with E-state index < -0.39 is 36.1 Å². The van der Waals surface area contributed by atoms with Crippen molar-refractivity contribution in [3.05, 3.63) is 127 Å². The van der Waals surface area contributed by atoms with Crippen LogP contribution in [-0.2, 0) is 28.7 Å². The van der Waals surface area contributed by atoms with Crippen LogP contribution in [0.15, 0.2) is 120 Å². The molecular weight excluding hydrogens is 755 g/mol. The second-order valence-electron chi connectivity index (χ2n) is 14.8. The molecule has 1 aromatic heterocycles. The topological polar surface area (TPSA) is 184 Å². The maximum absolute atomic E-state index is 13.3. The first-order chi connectivity index (χ1) is 28.6. The molecule has 5 aromatic rings. The van der Waals surface area contributed by atoms with E-state index in [-0.39, 0.29) is 50.0 Å². The molecule has 4 aromatic carbocycles. The molecule has 59 heavy (non-hydrogen) atoms. The standard InChI is InChI=1S/C45H47N5O9/c1-57-36-21-34(49(26-36)44(55)41(53)29-9-5-3-6-10-29)23-39(51)47-32-17-13-28(14-18-32)38-25-46-43(59-38)31-15-19-33(20-16-31)48-40(52)24-35-22-37(58-2)27-50(35)45(56)42(54)30-11-7-4-8-12-30/h3-20,25,34-37,41-42,53-54H,21-24,26-27H2,1-2H3,(H,47,51)(H,48,52)/t34-,35-,36-,37-,41+,42+/m0/s1. The minimum atomic E-state index is -1.33. The van der Waals surface area contributed by atoms with Crippen LogP contribution in [0.2, 0.25) is 0 Å². The van der Waals surface area contributed by atoms with E-state index in [0.29, 0.717) is 52.6 Å². The molecule has 2 saturated heterocycles. The number of rotatable bonds is 14. The first-order valence-electron chi connectivity index (χ1n) is 19.5. The van der Waals surface area contributed by atoms with Gasteiger partial charge in [0.15, 0.2) is 18.0 Å². The minimum Gasteiger partial charge on any atom is -0.436 e. The average Bonchev–Trinajstić information content (AvgIpc) is 4.03. The number of hydrogen-bond acceptors (Lipinski definition) is 10. The second kappa shape index (κ2) is 18.6. The van der Waals surface area contributed by atoms with Crippen molar-refractivity contribution >= 4 is 35.0 Å². The maximum Gasteiger partial charge on any atom is 0.256 e. The Morgan fingerprint density at radius 1 is 0.661 bits per heavy atom. The molecule has 3 heterocycles. The largest absolute Gasteiger partial charge is 0.436 e. The van der Waals surface area contributed by atoms with Gasteiger partial charge in [0, 0.05) is 74.7 Å². The molecule has 2 fully saturated rings. The summed E-state index contributed by atoms with van der Waals surface area (Å²) in [6.07, 6.45) is -0.517. The molecule has 14 heteroatoms. The Hall–Kier alpha value is -6.19. The van der Waals surface area contributed by atoms with Crippen LogP contribution >= 0.6 is 0 Å². The van der Waals surface area contributed by atoms with E-state index in [0.717, 1.165) is 5.56 Å². The molecule has 14 nitrogen and oxygen atoms in total. The Morgan fingerprint density at radius 3 is 1.51 bits per heavy atom. The van der Waals surface area contributed by atoms with Gasteiger partial charge in [-0.1, -0.05) is 60.7 Å². The predicted octanol–water partition coefficient (Wildman–Crippen LogP) is 5.36. The maximum atomic E-state index is 13.3. The van der Waals surface area contributed by atoms with Gasteiger partial charge >= 0.3 is 0 Å². The van der Waals surface area contributed by atoms with Crippen molar-refractivity contribution < 1.29 is 43.3 Å². The fourth-order valence-electron chi connectivity index (χ4n) is 7.69. The van der Waals surface area contributed by atoms with Crippen LogP contribution in [0.4, 0.5) is 11.4 Å². The average molecular weight is 802 g/mol. The monoisotopic (exact) mass is 801 g/mol. The van der Waals surface area contributed by atoms with Gasteiger partial charge in [-0.3, -0.25) is 19.2 Å². The highest BCUT2D eigenvalue weighted by atomic mass is 16.5. The highest BCUT2D eigenvalue weighted by Gasteiger charge is 2.40. The third-order valence-corrected chi connectivity index (χ3v) is 10.9. The summed E-state index contributed by atoms with van der Waals surface area (Å²) >= 11 is 0. The minimum absolute atomic E-state index is 0.0373. The summed E-state index contributed by atoms with van der Waals surface area (Å²) in [7, 11) is 3.13. The first-order valence-corrected chi connectivity index (χ1v) is 19.5. The van der Waals surface area contributed by atoms with Crippen molar-refractivity contribution in [2.75, 3.05) is 37.9 Å². The van der Waals surface area contributed by atoms with E-state index in [1.807, 2.05) is 12.1 Å². The van der Waals surface area contributed by atoms with Crippen molar-refractivity contribution in [3.8, 4) is 22.8 Å². The molecule has 2 aliphatic heterocycles. The second-order valence-corrected chi connectivity index (χ2v) is 14.8. The number of nitrogens with one attached hydrogen (secondary N) is 2. The quantitative estimate of drug-likeness (QED) is 0.114. The van der Waals surface area contributed by atoms with Crippen molar-refractivity contribution in [2.24, 2.45) is 0 Å². The van der Waals surface area contributed by atoms with Gasteiger partial charge in [0.2, 0.25) is 17.7 Å². The molecule has 4 N–H and O–H groups in total. The Labute approximate surface area is 341 Å². The Bertz CT molecular complexity index is 2060. The zero-order chi connectivity index (χ0) is 41.5. The lowest BCUT2D eigenvalue weighted by atomic mass is 10.1. The number of anilines is 2. The number of aliphatic hydroxyl groups excluding tert-OH is 2. The molecule has 7 rings (SSSR count). The molecule has 6 atom stereocenters. The number of likely N-dealkylation sites (tertiary alicyclic amines) is 2. The van der Waals surface area contributed by atoms with Crippen LogP contribution in [0.25, 0.3) is 22.8 Å². The molecule has 0 radical (unpaired) electrons. The smallest absolute Gasteiger partial charge is 0.256 e. The third-order valence-electron chi connectivity index (χ3n) is 10.9. The predicted molar refractivity (Wildman–Crippen MR) is 219 cm³/mol. The van der Waals surface area contributed by atoms with Crippen molar-refractivity contribution in [1.82, 2.24) is 14.8 Å². The molecule has 4 amide bonds. The fourth-order valence-corrected chi connectivity index (χ4v) is 7.69. The number of methoxy groups -OCH3 is 2. The molecule has 306 valence electrons. The Balaban J connectivity index is 0.916. The number of benzene rings is 4. The first kappa shape index (κ1) is 41.0. The van der Waals surface area contributed by atoms with Gasteiger partial charge in [0.1, 0.15) is 0 Å². The lowest BCUT2D eigenvalue weighted by Gasteiger charge is -2.26. The van der Waals surface area contributed by atoms with Gasteiger partial charge in [-0.05, 0) is 72.5 Å². The number of nitrogens with zero attached hydrogens (tertiary/aromatic N) is 3. The number of amides is 4. The van der Waals surface area contributed by atoms with E-state index in [2.05, 4.69) is 15.6 Å². The van der Waals surface area contributed by atoms with E-state index in [1.54, 1.807) is 117 Å². The van der Waals surface area contributed by atoms with E-state index in [9.17, 15) is 29.4 Å². The fraction of sp³-hybridized carbons (Fsp3) is 0.311. The lowest BCUT2D eigenvalue weighted by Crippen LogP contribution is -2.41. The number of oxazole rings is 1. The van der Waals surface area contributed by atoms with Gasteiger partial charge in [0.25, 0.3) is 11.8 Å². The number of aliphatic hydroxyl groups is 2. The van der Waals surface area contributed by atoms with Crippen LogP contribution in [0.3, 0.4) is 0 Å². The van der Waals surface area contributed by atoms with Gasteiger partial charge in [0.05, 0.1) is 18.4 Å². The number of carbonyl (C=O) groups is 4. The van der Waals surface area contributed by atoms with Gasteiger partial charge in [-0.2, -0.15) is 0 Å². The van der Waals surface area contributed by atoms with E-state index in [4.69, 9.17) is 13.9 Å². The van der Waals surface area contributed by atoms with Crippen LogP contribution in [-0.4, -0.2) is 100 Å². The number of hydrogen-bond donors (Lipinski definition) is 4. The molecule has 0 saturated carbocycles. The summed E-state index contributed by atoms with van der Waals surface area (Å²) in [6.45, 7) is 0.571. The molecular formula is C45H47N5O9. The summed E-state index contributed by atoms with van der Waals surface area (Å²) < 4.78 is 17.1. The Morgan fingerprint density at radius 2 is 1.08 bits per heavy atom. The zero-order valence-corrected chi connectivity index (χ0v) is 32.8. The highest BCUT2D eigenvalue weighted by Crippen LogP contribution is 2.31. The Kier molecular flexibility index (Phi) is 12.9. The molecule has 0 aliphatic carbocycles. The summed E-state index contributed by atoms with van der Waals surface area (Å²) in [5.41, 5.74) is 3.53. The van der Waals surface area contributed by atoms with Crippen LogP contribution in [0.5, 0.6) is 0 Å². The summed E-state index contributed by atoms with van der Waals surface area (Å²) in [5.74, 6) is -0.597. The highest BCUT2D eigenvalue weighted by molar-refractivity contribution is 5.93. The molecule has 0 spiro atoms. The molecule has 2 aliphatic rings. The SMILES string of the molecule is CO[C@H]1C[C@@H](CC(=O)Nc2ccc(-c3cnc(-c4ccc(NC(=O)C[C@@H]5C[C@H](OC)CN5C(=O)[C@H](O)c5ccccc5)cc4)o3)cc2)N(C(=O)[C@H](O)c2ccccc2)C1. The molecule has 0 unspecified atom stereocenters. The van der Waals surface area contributed by atoms with Gasteiger partial charge in [-0.15, -0.1) is 0 Å².